The third kappa shape index (κ3) is 5.17. The van der Waals surface area contributed by atoms with Crippen LogP contribution in [0.3, 0.4) is 0 Å². The molecular formula is C34H25F6N5. The van der Waals surface area contributed by atoms with Gasteiger partial charge in [-0.25, -0.2) is 0 Å². The standard InChI is InChI=1S/C34H25F6N5/c1-45(2)22-5-3-18(4-6-22)31-27-11-7-23(41-27)25-9-13-29(43-25)32(30-14-10-26(44-30)24-8-12-28(31)42-24)19-15-20(33(35,36)37)17-21(16-19)34(38,39)40/h3-17,23,42-44H,1-2H3/b26-24-,31-28-,32-30-. The maximum atomic E-state index is 13.8. The quantitative estimate of drug-likeness (QED) is 0.197. The van der Waals surface area contributed by atoms with Crippen LogP contribution in [-0.4, -0.2) is 34.8 Å². The zero-order valence-corrected chi connectivity index (χ0v) is 23.9. The molecule has 5 heterocycles. The van der Waals surface area contributed by atoms with E-state index < -0.39 is 29.5 Å². The number of aromatic amines is 3. The van der Waals surface area contributed by atoms with Crippen molar-refractivity contribution in [3.8, 4) is 0 Å². The molecule has 0 spiro atoms. The fraction of sp³-hybridized carbons (Fsp3) is 0.147. The van der Waals surface area contributed by atoms with E-state index in [1.54, 1.807) is 24.3 Å². The first-order valence-electron chi connectivity index (χ1n) is 14.0. The van der Waals surface area contributed by atoms with Gasteiger partial charge in [0, 0.05) is 53.0 Å². The number of rotatable bonds is 3. The molecule has 3 N–H and O–H groups in total. The predicted molar refractivity (Wildman–Crippen MR) is 160 cm³/mol. The maximum absolute atomic E-state index is 13.8. The topological polar surface area (TPSA) is 63.0 Å². The van der Waals surface area contributed by atoms with E-state index in [-0.39, 0.29) is 17.2 Å². The Balaban J connectivity index is 1.54. The number of hydrogen-bond acceptors (Lipinski definition) is 2. The van der Waals surface area contributed by atoms with E-state index in [9.17, 15) is 26.3 Å². The first-order valence-corrected chi connectivity index (χ1v) is 14.0. The summed E-state index contributed by atoms with van der Waals surface area (Å²) in [4.78, 5) is 16.9. The molecular weight excluding hydrogens is 592 g/mol. The highest BCUT2D eigenvalue weighted by molar-refractivity contribution is 6.29. The largest absolute Gasteiger partial charge is 0.416 e. The summed E-state index contributed by atoms with van der Waals surface area (Å²) in [5, 5.41) is 2.42. The van der Waals surface area contributed by atoms with Crippen molar-refractivity contribution >= 4 is 22.5 Å². The van der Waals surface area contributed by atoms with Gasteiger partial charge < -0.3 is 19.9 Å². The molecule has 2 aromatic carbocycles. The van der Waals surface area contributed by atoms with Gasteiger partial charge in [-0.05, 0) is 83.9 Å². The summed E-state index contributed by atoms with van der Waals surface area (Å²) in [6.45, 7) is 0. The number of benzene rings is 2. The van der Waals surface area contributed by atoms with Gasteiger partial charge in [0.1, 0.15) is 6.04 Å². The molecule has 0 amide bonds. The zero-order valence-electron chi connectivity index (χ0n) is 23.9. The molecule has 1 atom stereocenters. The Morgan fingerprint density at radius 2 is 1.20 bits per heavy atom. The van der Waals surface area contributed by atoms with Crippen molar-refractivity contribution in [2.75, 3.05) is 19.0 Å². The Labute approximate surface area is 252 Å². The number of alkyl halides is 6. The highest BCUT2D eigenvalue weighted by atomic mass is 19.4. The Morgan fingerprint density at radius 3 is 1.78 bits per heavy atom. The third-order valence-corrected chi connectivity index (χ3v) is 8.02. The molecule has 3 aromatic heterocycles. The van der Waals surface area contributed by atoms with Crippen LogP contribution in [0.15, 0.2) is 96.0 Å². The monoisotopic (exact) mass is 617 g/mol. The van der Waals surface area contributed by atoms with Crippen LogP contribution in [0.2, 0.25) is 0 Å². The number of nitrogens with one attached hydrogen (secondary N) is 3. The van der Waals surface area contributed by atoms with Crippen LogP contribution in [0, 0.1) is 10.7 Å². The Morgan fingerprint density at radius 1 is 0.622 bits per heavy atom. The minimum absolute atomic E-state index is 0.134. The number of aliphatic imine (C=N–C) groups is 1. The van der Waals surface area contributed by atoms with Gasteiger partial charge in [0.25, 0.3) is 0 Å². The second kappa shape index (κ2) is 10.2. The average Bonchev–Trinajstić information content (AvgIpc) is 3.80. The van der Waals surface area contributed by atoms with Gasteiger partial charge in [-0.3, -0.25) is 4.99 Å². The minimum atomic E-state index is -4.98. The molecule has 0 saturated carbocycles. The summed E-state index contributed by atoms with van der Waals surface area (Å²) < 4.78 is 83.0. The van der Waals surface area contributed by atoms with E-state index in [1.807, 2.05) is 67.5 Å². The number of fused-ring (bicyclic) bond motifs is 8. The van der Waals surface area contributed by atoms with Gasteiger partial charge in [0.05, 0.1) is 27.5 Å². The van der Waals surface area contributed by atoms with Gasteiger partial charge >= 0.3 is 12.4 Å². The predicted octanol–water partition coefficient (Wildman–Crippen LogP) is 6.57. The number of aromatic nitrogens is 3. The van der Waals surface area contributed by atoms with E-state index in [4.69, 9.17) is 4.99 Å². The lowest BCUT2D eigenvalue weighted by Gasteiger charge is -2.15. The van der Waals surface area contributed by atoms with Crippen LogP contribution in [0.25, 0.3) is 11.1 Å². The van der Waals surface area contributed by atoms with Crippen LogP contribution in [0.1, 0.15) is 39.7 Å². The molecule has 5 nitrogen and oxygen atoms in total. The number of nitrogens with zero attached hydrogens (tertiary/aromatic N) is 2. The van der Waals surface area contributed by atoms with Gasteiger partial charge in [-0.15, -0.1) is 0 Å². The van der Waals surface area contributed by atoms with Crippen molar-refractivity contribution in [2.45, 2.75) is 18.4 Å². The van der Waals surface area contributed by atoms with E-state index >= 15 is 0 Å². The van der Waals surface area contributed by atoms with Crippen LogP contribution in [0.4, 0.5) is 32.0 Å². The summed E-state index contributed by atoms with van der Waals surface area (Å²) in [7, 11) is 3.94. The molecule has 0 saturated heterocycles. The highest BCUT2D eigenvalue weighted by Gasteiger charge is 2.37. The SMILES string of the molecule is CN(C)c1ccc(/C2=c3\cc/c([nH]3)=c3\cc/c([nH]3)=C(\c3cc(C(F)(F)F)cc(C(F)(F)F)c3)c3ccc([nH]3)C3C=CC2=N3)cc1. The Hall–Kier alpha value is -5.19. The number of hydrogen-bond donors (Lipinski definition) is 3. The molecule has 0 fully saturated rings. The van der Waals surface area contributed by atoms with Crippen molar-refractivity contribution in [3.05, 3.63) is 146 Å². The third-order valence-electron chi connectivity index (χ3n) is 8.02. The van der Waals surface area contributed by atoms with Crippen LogP contribution < -0.4 is 15.6 Å². The summed E-state index contributed by atoms with van der Waals surface area (Å²) in [6, 6.07) is 19.9. The molecule has 7 rings (SSSR count). The smallest absolute Gasteiger partial charge is 0.378 e. The normalized spacial score (nSPS) is 19.4. The highest BCUT2D eigenvalue weighted by Crippen LogP contribution is 2.38. The first kappa shape index (κ1) is 28.6. The Bertz CT molecular complexity index is 2190. The molecule has 45 heavy (non-hydrogen) atoms. The summed E-state index contributed by atoms with van der Waals surface area (Å²) in [5.41, 5.74) is 1.73. The van der Waals surface area contributed by atoms with Crippen molar-refractivity contribution in [3.63, 3.8) is 0 Å². The van der Waals surface area contributed by atoms with Crippen molar-refractivity contribution in [1.29, 1.82) is 0 Å². The average molecular weight is 618 g/mol. The molecule has 1 unspecified atom stereocenters. The van der Waals surface area contributed by atoms with E-state index in [0.29, 0.717) is 27.4 Å². The molecule has 2 aliphatic heterocycles. The molecule has 8 bridgehead atoms. The summed E-state index contributed by atoms with van der Waals surface area (Å²) in [5.74, 6) is 0. The number of H-pyrrole nitrogens is 3. The number of anilines is 1. The fourth-order valence-corrected chi connectivity index (χ4v) is 5.79. The van der Waals surface area contributed by atoms with E-state index in [1.165, 1.54) is 0 Å². The Kier molecular flexibility index (Phi) is 6.47. The van der Waals surface area contributed by atoms with E-state index in [0.717, 1.165) is 40.0 Å². The number of halogens is 6. The molecule has 0 aliphatic carbocycles. The lowest BCUT2D eigenvalue weighted by Crippen LogP contribution is -2.15. The van der Waals surface area contributed by atoms with Crippen molar-refractivity contribution < 1.29 is 26.3 Å². The molecule has 228 valence electrons. The lowest BCUT2D eigenvalue weighted by molar-refractivity contribution is -0.143. The minimum Gasteiger partial charge on any atom is -0.378 e. The van der Waals surface area contributed by atoms with Gasteiger partial charge in [-0.1, -0.05) is 18.2 Å². The first-order chi connectivity index (χ1) is 21.3. The molecule has 5 aromatic rings. The molecule has 2 aliphatic rings. The van der Waals surface area contributed by atoms with Crippen LogP contribution in [-0.2, 0) is 12.4 Å². The van der Waals surface area contributed by atoms with Crippen LogP contribution >= 0.6 is 0 Å². The van der Waals surface area contributed by atoms with Crippen LogP contribution in [0.5, 0.6) is 0 Å². The molecule has 0 radical (unpaired) electrons. The van der Waals surface area contributed by atoms with Gasteiger partial charge in [0.2, 0.25) is 0 Å². The second-order valence-electron chi connectivity index (χ2n) is 11.2. The second-order valence-corrected chi connectivity index (χ2v) is 11.2. The van der Waals surface area contributed by atoms with E-state index in [2.05, 4.69) is 15.0 Å². The summed E-state index contributed by atoms with van der Waals surface area (Å²) in [6.07, 6.45) is -6.15. The lowest BCUT2D eigenvalue weighted by atomic mass is 9.97. The fourth-order valence-electron chi connectivity index (χ4n) is 5.79. The zero-order chi connectivity index (χ0) is 31.7. The van der Waals surface area contributed by atoms with Gasteiger partial charge in [-0.2, -0.15) is 26.3 Å². The van der Waals surface area contributed by atoms with Crippen molar-refractivity contribution in [1.82, 2.24) is 15.0 Å². The summed E-state index contributed by atoms with van der Waals surface area (Å²) >= 11 is 0. The van der Waals surface area contributed by atoms with Crippen molar-refractivity contribution in [2.24, 2.45) is 4.99 Å². The molecule has 11 heteroatoms. The van der Waals surface area contributed by atoms with Gasteiger partial charge in [0.15, 0.2) is 0 Å². The number of allylic oxidation sites excluding steroid dienone is 1. The maximum Gasteiger partial charge on any atom is 0.416 e.